The van der Waals surface area contributed by atoms with Crippen LogP contribution in [0.1, 0.15) is 29.2 Å². The zero-order valence-electron chi connectivity index (χ0n) is 17.6. The second-order valence-corrected chi connectivity index (χ2v) is 9.41. The van der Waals surface area contributed by atoms with Crippen molar-refractivity contribution in [3.8, 4) is 0 Å². The van der Waals surface area contributed by atoms with Crippen molar-refractivity contribution in [1.29, 1.82) is 0 Å². The third kappa shape index (κ3) is 6.42. The lowest BCUT2D eigenvalue weighted by atomic mass is 9.95. The van der Waals surface area contributed by atoms with Gasteiger partial charge in [-0.2, -0.15) is 0 Å². The van der Waals surface area contributed by atoms with E-state index in [-0.39, 0.29) is 30.1 Å². The third-order valence-electron chi connectivity index (χ3n) is 5.20. The Labute approximate surface area is 196 Å². The third-order valence-corrected chi connectivity index (χ3v) is 6.45. The maximum absolute atomic E-state index is 11.8. The molecular weight excluding hydrogens is 513 g/mol. The lowest BCUT2D eigenvalue weighted by molar-refractivity contribution is 0.0915. The fraction of sp³-hybridized carbons (Fsp3) is 0.409. The van der Waals surface area contributed by atoms with Gasteiger partial charge >= 0.3 is 0 Å². The summed E-state index contributed by atoms with van der Waals surface area (Å²) in [5, 5.41) is 6.69. The number of aryl methyl sites for hydroxylation is 1. The van der Waals surface area contributed by atoms with Gasteiger partial charge in [0.1, 0.15) is 0 Å². The van der Waals surface area contributed by atoms with E-state index in [1.165, 1.54) is 11.8 Å². The molecule has 0 aliphatic carbocycles. The van der Waals surface area contributed by atoms with Gasteiger partial charge in [0.05, 0.1) is 11.0 Å². The van der Waals surface area contributed by atoms with Crippen molar-refractivity contribution in [1.82, 2.24) is 10.6 Å². The van der Waals surface area contributed by atoms with Crippen molar-refractivity contribution in [3.05, 3.63) is 65.2 Å². The Morgan fingerprint density at radius 2 is 1.90 bits per heavy atom. The molecule has 0 bridgehead atoms. The summed E-state index contributed by atoms with van der Waals surface area (Å²) in [6.45, 7) is 3.92. The molecule has 2 aromatic carbocycles. The lowest BCUT2D eigenvalue weighted by Crippen LogP contribution is -2.39. The minimum atomic E-state index is -3.20. The first-order valence-corrected chi connectivity index (χ1v) is 11.7. The molecule has 0 amide bonds. The standard InChI is InChI=1S/C22H29N3O3S.HI/c1-16-13-17(9-10-20(16)29(3,26)27)14-24-22(23-2)25-15-19-11-12-28-21(19)18-7-5-4-6-8-18;/h4-10,13,19,21H,11-12,14-15H2,1-3H3,(H2,23,24,25);1H. The number of hydrogen-bond acceptors (Lipinski definition) is 4. The van der Waals surface area contributed by atoms with Crippen molar-refractivity contribution in [2.24, 2.45) is 10.9 Å². The summed E-state index contributed by atoms with van der Waals surface area (Å²) in [5.74, 6) is 1.10. The van der Waals surface area contributed by atoms with Crippen molar-refractivity contribution in [2.75, 3.05) is 26.5 Å². The van der Waals surface area contributed by atoms with Crippen LogP contribution >= 0.6 is 24.0 Å². The number of nitrogens with one attached hydrogen (secondary N) is 2. The van der Waals surface area contributed by atoms with Crippen molar-refractivity contribution in [2.45, 2.75) is 30.9 Å². The van der Waals surface area contributed by atoms with E-state index in [1.807, 2.05) is 37.3 Å². The van der Waals surface area contributed by atoms with Crippen LogP contribution in [0.4, 0.5) is 0 Å². The number of halogens is 1. The highest BCUT2D eigenvalue weighted by Gasteiger charge is 2.29. The molecule has 2 aromatic rings. The maximum atomic E-state index is 11.8. The smallest absolute Gasteiger partial charge is 0.191 e. The van der Waals surface area contributed by atoms with Gasteiger partial charge in [0.15, 0.2) is 15.8 Å². The van der Waals surface area contributed by atoms with E-state index in [2.05, 4.69) is 27.8 Å². The molecule has 30 heavy (non-hydrogen) atoms. The quantitative estimate of drug-likeness (QED) is 0.332. The molecule has 0 saturated carbocycles. The van der Waals surface area contributed by atoms with Crippen LogP contribution in [0.25, 0.3) is 0 Å². The molecule has 8 heteroatoms. The van der Waals surface area contributed by atoms with E-state index in [1.54, 1.807) is 13.1 Å². The van der Waals surface area contributed by atoms with Crippen LogP contribution in [-0.4, -0.2) is 40.8 Å². The minimum Gasteiger partial charge on any atom is -0.373 e. The van der Waals surface area contributed by atoms with E-state index in [0.29, 0.717) is 23.3 Å². The van der Waals surface area contributed by atoms with Gasteiger partial charge in [-0.25, -0.2) is 8.42 Å². The topological polar surface area (TPSA) is 79.8 Å². The first-order chi connectivity index (χ1) is 13.9. The van der Waals surface area contributed by atoms with Crippen molar-refractivity contribution >= 4 is 39.8 Å². The molecule has 1 aliphatic heterocycles. The predicted molar refractivity (Wildman–Crippen MR) is 131 cm³/mol. The minimum absolute atomic E-state index is 0. The normalized spacial score (nSPS) is 19.2. The molecule has 2 atom stereocenters. The molecule has 6 nitrogen and oxygen atoms in total. The van der Waals surface area contributed by atoms with E-state index in [4.69, 9.17) is 4.74 Å². The molecule has 0 aromatic heterocycles. The second-order valence-electron chi connectivity index (χ2n) is 7.43. The SMILES string of the molecule is CN=C(NCc1ccc(S(C)(=O)=O)c(C)c1)NCC1CCOC1c1ccccc1.I. The molecule has 1 saturated heterocycles. The molecule has 3 rings (SSSR count). The largest absolute Gasteiger partial charge is 0.373 e. The second kappa shape index (κ2) is 11.1. The van der Waals surface area contributed by atoms with Gasteiger partial charge in [0.2, 0.25) is 0 Å². The number of rotatable bonds is 6. The fourth-order valence-electron chi connectivity index (χ4n) is 3.73. The van der Waals surface area contributed by atoms with Gasteiger partial charge in [0.25, 0.3) is 0 Å². The molecule has 164 valence electrons. The predicted octanol–water partition coefficient (Wildman–Crippen LogP) is 3.46. The molecule has 2 N–H and O–H groups in total. The Kier molecular flexibility index (Phi) is 9.11. The molecule has 0 spiro atoms. The summed E-state index contributed by atoms with van der Waals surface area (Å²) in [7, 11) is -1.46. The number of ether oxygens (including phenoxy) is 1. The molecule has 1 heterocycles. The first-order valence-electron chi connectivity index (χ1n) is 9.79. The van der Waals surface area contributed by atoms with Gasteiger partial charge in [-0.1, -0.05) is 42.5 Å². The van der Waals surface area contributed by atoms with Gasteiger partial charge < -0.3 is 15.4 Å². The lowest BCUT2D eigenvalue weighted by Gasteiger charge is -2.21. The Morgan fingerprint density at radius 1 is 1.17 bits per heavy atom. The Hall–Kier alpha value is -1.65. The zero-order valence-corrected chi connectivity index (χ0v) is 20.7. The molecule has 0 radical (unpaired) electrons. The summed E-state index contributed by atoms with van der Waals surface area (Å²) in [6.07, 6.45) is 2.34. The highest BCUT2D eigenvalue weighted by atomic mass is 127. The molecular formula is C22H30IN3O3S. The van der Waals surface area contributed by atoms with Gasteiger partial charge in [-0.05, 0) is 36.1 Å². The summed E-state index contributed by atoms with van der Waals surface area (Å²) in [6, 6.07) is 15.7. The van der Waals surface area contributed by atoms with Crippen LogP contribution in [0.2, 0.25) is 0 Å². The van der Waals surface area contributed by atoms with Crippen LogP contribution in [-0.2, 0) is 21.1 Å². The summed E-state index contributed by atoms with van der Waals surface area (Å²) >= 11 is 0. The van der Waals surface area contributed by atoms with Gasteiger partial charge in [-0.15, -0.1) is 24.0 Å². The molecule has 2 unspecified atom stereocenters. The number of aliphatic imine (C=N–C) groups is 1. The van der Waals surface area contributed by atoms with Crippen molar-refractivity contribution < 1.29 is 13.2 Å². The number of sulfone groups is 1. The summed E-state index contributed by atoms with van der Waals surface area (Å²) in [5.41, 5.74) is 2.97. The number of guanidine groups is 1. The Morgan fingerprint density at radius 3 is 2.53 bits per heavy atom. The first kappa shape index (κ1) is 24.6. The highest BCUT2D eigenvalue weighted by molar-refractivity contribution is 14.0. The average Bonchev–Trinajstić information content (AvgIpc) is 3.16. The maximum Gasteiger partial charge on any atom is 0.191 e. The van der Waals surface area contributed by atoms with E-state index in [0.717, 1.165) is 30.7 Å². The van der Waals surface area contributed by atoms with Crippen LogP contribution in [0.15, 0.2) is 58.4 Å². The zero-order chi connectivity index (χ0) is 20.9. The Balaban J connectivity index is 0.00000320. The van der Waals surface area contributed by atoms with E-state index < -0.39 is 9.84 Å². The monoisotopic (exact) mass is 543 g/mol. The fourth-order valence-corrected chi connectivity index (χ4v) is 4.68. The molecule has 1 aliphatic rings. The summed E-state index contributed by atoms with van der Waals surface area (Å²) < 4.78 is 29.5. The number of nitrogens with zero attached hydrogens (tertiary/aromatic N) is 1. The molecule has 1 fully saturated rings. The highest BCUT2D eigenvalue weighted by Crippen LogP contribution is 2.33. The van der Waals surface area contributed by atoms with Gasteiger partial charge in [0, 0.05) is 38.9 Å². The van der Waals surface area contributed by atoms with Crippen molar-refractivity contribution in [3.63, 3.8) is 0 Å². The van der Waals surface area contributed by atoms with Gasteiger partial charge in [-0.3, -0.25) is 4.99 Å². The van der Waals surface area contributed by atoms with Crippen LogP contribution in [0.5, 0.6) is 0 Å². The van der Waals surface area contributed by atoms with Crippen LogP contribution in [0, 0.1) is 12.8 Å². The van der Waals surface area contributed by atoms with Crippen LogP contribution < -0.4 is 10.6 Å². The van der Waals surface area contributed by atoms with Crippen LogP contribution in [0.3, 0.4) is 0 Å². The Bertz CT molecular complexity index is 965. The summed E-state index contributed by atoms with van der Waals surface area (Å²) in [4.78, 5) is 4.67. The number of benzene rings is 2. The average molecular weight is 543 g/mol. The van der Waals surface area contributed by atoms with E-state index >= 15 is 0 Å². The number of hydrogen-bond donors (Lipinski definition) is 2. The van der Waals surface area contributed by atoms with E-state index in [9.17, 15) is 8.42 Å².